The van der Waals surface area contributed by atoms with Crippen LogP contribution in [-0.2, 0) is 13.1 Å². The van der Waals surface area contributed by atoms with Crippen molar-refractivity contribution in [2.24, 2.45) is 0 Å². The maximum absolute atomic E-state index is 8.78. The zero-order chi connectivity index (χ0) is 13.8. The first-order chi connectivity index (χ1) is 9.85. The number of fused-ring (bicyclic) bond motifs is 1. The van der Waals surface area contributed by atoms with Gasteiger partial charge in [0.25, 0.3) is 0 Å². The smallest absolute Gasteiger partial charge is 0.102 e. The van der Waals surface area contributed by atoms with E-state index in [4.69, 9.17) is 5.11 Å². The van der Waals surface area contributed by atoms with E-state index in [1.54, 1.807) is 16.0 Å². The summed E-state index contributed by atoms with van der Waals surface area (Å²) >= 11 is 1.63. The van der Waals surface area contributed by atoms with Crippen molar-refractivity contribution in [2.75, 3.05) is 11.9 Å². The van der Waals surface area contributed by atoms with Crippen molar-refractivity contribution in [2.45, 2.75) is 19.5 Å². The van der Waals surface area contributed by atoms with Crippen molar-refractivity contribution in [1.29, 1.82) is 0 Å². The Morgan fingerprint density at radius 2 is 2.30 bits per heavy atom. The largest absolute Gasteiger partial charge is 0.396 e. The van der Waals surface area contributed by atoms with E-state index in [1.807, 2.05) is 23.8 Å². The molecule has 20 heavy (non-hydrogen) atoms. The summed E-state index contributed by atoms with van der Waals surface area (Å²) in [5.74, 6) is 0. The molecule has 0 fully saturated rings. The maximum Gasteiger partial charge on any atom is 0.102 e. The molecule has 0 bridgehead atoms. The number of benzene rings is 1. The summed E-state index contributed by atoms with van der Waals surface area (Å²) in [4.78, 5) is 4.25. The van der Waals surface area contributed by atoms with Crippen molar-refractivity contribution in [3.05, 3.63) is 35.6 Å². The van der Waals surface area contributed by atoms with Gasteiger partial charge in [-0.05, 0) is 24.6 Å². The zero-order valence-corrected chi connectivity index (χ0v) is 11.7. The lowest BCUT2D eigenvalue weighted by atomic mass is 10.3. The fourth-order valence-corrected chi connectivity index (χ4v) is 2.64. The molecule has 0 spiro atoms. The lowest BCUT2D eigenvalue weighted by Gasteiger charge is -2.03. The molecule has 0 radical (unpaired) electrons. The maximum atomic E-state index is 8.78. The molecule has 0 amide bonds. The summed E-state index contributed by atoms with van der Waals surface area (Å²) in [5, 5.41) is 20.2. The summed E-state index contributed by atoms with van der Waals surface area (Å²) < 4.78 is 2.92. The van der Waals surface area contributed by atoms with Crippen LogP contribution in [0.1, 0.15) is 12.1 Å². The number of aromatic nitrogens is 4. The van der Waals surface area contributed by atoms with E-state index >= 15 is 0 Å². The molecule has 0 atom stereocenters. The Labute approximate surface area is 120 Å². The highest BCUT2D eigenvalue weighted by molar-refractivity contribution is 7.16. The van der Waals surface area contributed by atoms with Crippen molar-refractivity contribution in [3.8, 4) is 0 Å². The second kappa shape index (κ2) is 5.98. The van der Waals surface area contributed by atoms with E-state index in [2.05, 4.69) is 26.7 Å². The number of aliphatic hydroxyl groups excluding tert-OH is 1. The van der Waals surface area contributed by atoms with E-state index in [0.717, 1.165) is 16.9 Å². The monoisotopic (exact) mass is 289 g/mol. The molecular weight excluding hydrogens is 274 g/mol. The second-order valence-electron chi connectivity index (χ2n) is 4.44. The molecule has 0 aliphatic rings. The Morgan fingerprint density at radius 3 is 3.20 bits per heavy atom. The van der Waals surface area contributed by atoms with Gasteiger partial charge in [0.15, 0.2) is 0 Å². The van der Waals surface area contributed by atoms with Crippen LogP contribution in [0, 0.1) is 0 Å². The van der Waals surface area contributed by atoms with Gasteiger partial charge in [0.05, 0.1) is 28.5 Å². The van der Waals surface area contributed by atoms with Gasteiger partial charge < -0.3 is 10.4 Å². The standard InChI is InChI=1S/C13H15N5OS/c19-5-1-4-18-8-11(16-17-18)7-14-10-2-3-12-13(6-10)20-9-15-12/h2-3,6,8-9,14,19H,1,4-5,7H2. The average molecular weight is 289 g/mol. The van der Waals surface area contributed by atoms with Crippen molar-refractivity contribution in [3.63, 3.8) is 0 Å². The molecule has 2 aromatic heterocycles. The van der Waals surface area contributed by atoms with Crippen LogP contribution in [0.2, 0.25) is 0 Å². The molecular formula is C13H15N5OS. The third kappa shape index (κ3) is 2.94. The van der Waals surface area contributed by atoms with Gasteiger partial charge in [0, 0.05) is 18.8 Å². The van der Waals surface area contributed by atoms with E-state index in [0.29, 0.717) is 19.5 Å². The number of hydrogen-bond donors (Lipinski definition) is 2. The zero-order valence-electron chi connectivity index (χ0n) is 10.9. The summed E-state index contributed by atoms with van der Waals surface area (Å²) in [6.45, 7) is 1.49. The SMILES string of the molecule is OCCCn1cc(CNc2ccc3ncsc3c2)nn1. The third-order valence-corrected chi connectivity index (χ3v) is 3.73. The molecule has 3 aromatic rings. The van der Waals surface area contributed by atoms with Crippen molar-refractivity contribution < 1.29 is 5.11 Å². The molecule has 0 unspecified atom stereocenters. The minimum Gasteiger partial charge on any atom is -0.396 e. The number of nitrogens with one attached hydrogen (secondary N) is 1. The highest BCUT2D eigenvalue weighted by Crippen LogP contribution is 2.21. The molecule has 3 rings (SSSR count). The normalized spacial score (nSPS) is 11.1. The third-order valence-electron chi connectivity index (χ3n) is 2.94. The number of nitrogens with zero attached hydrogens (tertiary/aromatic N) is 4. The van der Waals surface area contributed by atoms with Gasteiger partial charge in [-0.3, -0.25) is 4.68 Å². The Morgan fingerprint density at radius 1 is 1.35 bits per heavy atom. The van der Waals surface area contributed by atoms with E-state index < -0.39 is 0 Å². The van der Waals surface area contributed by atoms with Crippen LogP contribution in [0.15, 0.2) is 29.9 Å². The fraction of sp³-hybridized carbons (Fsp3) is 0.308. The van der Waals surface area contributed by atoms with Crippen LogP contribution < -0.4 is 5.32 Å². The van der Waals surface area contributed by atoms with Gasteiger partial charge >= 0.3 is 0 Å². The number of aliphatic hydroxyl groups is 1. The molecule has 1 aromatic carbocycles. The van der Waals surface area contributed by atoms with Crippen molar-refractivity contribution >= 4 is 27.2 Å². The number of anilines is 1. The number of rotatable bonds is 6. The molecule has 0 aliphatic carbocycles. The Kier molecular flexibility index (Phi) is 3.89. The first kappa shape index (κ1) is 13.0. The molecule has 6 nitrogen and oxygen atoms in total. The van der Waals surface area contributed by atoms with E-state index in [9.17, 15) is 0 Å². The van der Waals surface area contributed by atoms with Crippen LogP contribution in [0.3, 0.4) is 0 Å². The first-order valence-corrected chi connectivity index (χ1v) is 7.30. The van der Waals surface area contributed by atoms with Crippen LogP contribution in [-0.4, -0.2) is 31.7 Å². The van der Waals surface area contributed by atoms with Crippen LogP contribution >= 0.6 is 11.3 Å². The van der Waals surface area contributed by atoms with Gasteiger partial charge in [0.1, 0.15) is 5.69 Å². The average Bonchev–Trinajstić information content (AvgIpc) is 3.11. The number of aryl methyl sites for hydroxylation is 1. The Bertz CT molecular complexity index is 693. The quantitative estimate of drug-likeness (QED) is 0.724. The van der Waals surface area contributed by atoms with Gasteiger partial charge in [-0.25, -0.2) is 4.98 Å². The molecule has 104 valence electrons. The predicted molar refractivity (Wildman–Crippen MR) is 78.7 cm³/mol. The van der Waals surface area contributed by atoms with Crippen LogP contribution in [0.5, 0.6) is 0 Å². The minimum atomic E-state index is 0.169. The summed E-state index contributed by atoms with van der Waals surface area (Å²) in [6.07, 6.45) is 2.59. The van der Waals surface area contributed by atoms with Gasteiger partial charge in [-0.2, -0.15) is 0 Å². The molecule has 0 saturated heterocycles. The minimum absolute atomic E-state index is 0.169. The molecule has 0 aliphatic heterocycles. The summed E-state index contributed by atoms with van der Waals surface area (Å²) in [7, 11) is 0. The van der Waals surface area contributed by atoms with Crippen molar-refractivity contribution in [1.82, 2.24) is 20.0 Å². The lowest BCUT2D eigenvalue weighted by molar-refractivity contribution is 0.276. The van der Waals surface area contributed by atoms with Gasteiger partial charge in [-0.15, -0.1) is 16.4 Å². The second-order valence-corrected chi connectivity index (χ2v) is 5.32. The Hall–Kier alpha value is -1.99. The number of hydrogen-bond acceptors (Lipinski definition) is 6. The molecule has 2 N–H and O–H groups in total. The van der Waals surface area contributed by atoms with E-state index in [-0.39, 0.29) is 6.61 Å². The topological polar surface area (TPSA) is 75.9 Å². The molecule has 7 heteroatoms. The van der Waals surface area contributed by atoms with Gasteiger partial charge in [-0.1, -0.05) is 5.21 Å². The van der Waals surface area contributed by atoms with E-state index in [1.165, 1.54) is 4.70 Å². The highest BCUT2D eigenvalue weighted by atomic mass is 32.1. The Balaban J connectivity index is 1.62. The lowest BCUT2D eigenvalue weighted by Crippen LogP contribution is -2.01. The predicted octanol–water partition coefficient (Wildman–Crippen LogP) is 1.88. The van der Waals surface area contributed by atoms with Crippen LogP contribution in [0.4, 0.5) is 5.69 Å². The van der Waals surface area contributed by atoms with Crippen LogP contribution in [0.25, 0.3) is 10.2 Å². The molecule has 0 saturated carbocycles. The highest BCUT2D eigenvalue weighted by Gasteiger charge is 2.02. The first-order valence-electron chi connectivity index (χ1n) is 6.42. The number of thiazole rings is 1. The molecule has 2 heterocycles. The summed E-state index contributed by atoms with van der Waals surface area (Å²) in [5.41, 5.74) is 4.80. The van der Waals surface area contributed by atoms with Gasteiger partial charge in [0.2, 0.25) is 0 Å². The fourth-order valence-electron chi connectivity index (χ4n) is 1.92. The summed E-state index contributed by atoms with van der Waals surface area (Å²) in [6, 6.07) is 6.10.